The lowest BCUT2D eigenvalue weighted by molar-refractivity contribution is -0.136. The number of carbonyl (C=O) groups excluding carboxylic acids is 3. The summed E-state index contributed by atoms with van der Waals surface area (Å²) < 4.78 is 6.82. The first-order valence-electron chi connectivity index (χ1n) is 11.8. The predicted molar refractivity (Wildman–Crippen MR) is 136 cm³/mol. The van der Waals surface area contributed by atoms with Crippen LogP contribution < -0.4 is 9.77 Å². The van der Waals surface area contributed by atoms with E-state index in [0.717, 1.165) is 21.8 Å². The Morgan fingerprint density at radius 1 is 0.917 bits per heavy atom. The minimum Gasteiger partial charge on any atom is -0.378 e. The van der Waals surface area contributed by atoms with Gasteiger partial charge >= 0.3 is 4.87 Å². The lowest BCUT2D eigenvalue weighted by Crippen LogP contribution is -2.43. The highest BCUT2D eigenvalue weighted by atomic mass is 32.2. The molecule has 3 aromatic rings. The first kappa shape index (κ1) is 23.2. The van der Waals surface area contributed by atoms with E-state index in [-0.39, 0.29) is 29.1 Å². The zero-order chi connectivity index (χ0) is 24.8. The summed E-state index contributed by atoms with van der Waals surface area (Å²) in [7, 11) is 0. The van der Waals surface area contributed by atoms with Crippen molar-refractivity contribution >= 4 is 46.5 Å². The Morgan fingerprint density at radius 3 is 2.28 bits per heavy atom. The quantitative estimate of drug-likeness (QED) is 0.491. The van der Waals surface area contributed by atoms with E-state index >= 15 is 0 Å². The number of carbonyl (C=O) groups is 3. The zero-order valence-corrected chi connectivity index (χ0v) is 20.9. The van der Waals surface area contributed by atoms with Gasteiger partial charge in [0.1, 0.15) is 11.8 Å². The molecular weight excluding hydrogens is 498 g/mol. The van der Waals surface area contributed by atoms with Gasteiger partial charge in [-0.1, -0.05) is 71.6 Å². The minimum absolute atomic E-state index is 0.0961. The number of para-hydroxylation sites is 1. The predicted octanol–water partition coefficient (Wildman–Crippen LogP) is 2.56. The van der Waals surface area contributed by atoms with Crippen molar-refractivity contribution in [2.45, 2.75) is 22.7 Å². The van der Waals surface area contributed by atoms with E-state index in [1.807, 2.05) is 36.4 Å². The molecule has 184 valence electrons. The number of benzene rings is 2. The van der Waals surface area contributed by atoms with E-state index in [4.69, 9.17) is 4.74 Å². The number of thiazole rings is 1. The van der Waals surface area contributed by atoms with Gasteiger partial charge in [-0.05, 0) is 17.7 Å². The first-order valence-corrected chi connectivity index (χ1v) is 13.5. The van der Waals surface area contributed by atoms with E-state index in [1.54, 1.807) is 29.2 Å². The molecule has 2 aromatic carbocycles. The summed E-state index contributed by atoms with van der Waals surface area (Å²) in [4.78, 5) is 57.0. The molecule has 6 rings (SSSR count). The monoisotopic (exact) mass is 521 g/mol. The molecular formula is C26H23N3O5S2. The molecule has 0 saturated carbocycles. The molecule has 0 spiro atoms. The molecule has 1 aromatic heterocycles. The molecule has 8 nitrogen and oxygen atoms in total. The Balaban J connectivity index is 1.43. The van der Waals surface area contributed by atoms with Gasteiger partial charge in [0.15, 0.2) is 0 Å². The largest absolute Gasteiger partial charge is 0.378 e. The van der Waals surface area contributed by atoms with Crippen LogP contribution in [0, 0.1) is 5.92 Å². The molecule has 0 bridgehead atoms. The maximum Gasteiger partial charge on any atom is 0.308 e. The van der Waals surface area contributed by atoms with Gasteiger partial charge in [0.2, 0.25) is 17.7 Å². The van der Waals surface area contributed by atoms with Crippen LogP contribution >= 0.6 is 23.1 Å². The number of hydrogen-bond donors (Lipinski definition) is 0. The Hall–Kier alpha value is -3.21. The van der Waals surface area contributed by atoms with Gasteiger partial charge in [-0.25, -0.2) is 4.90 Å². The van der Waals surface area contributed by atoms with Crippen LogP contribution in [-0.4, -0.2) is 58.7 Å². The maximum atomic E-state index is 13.8. The summed E-state index contributed by atoms with van der Waals surface area (Å²) in [5.74, 6) is -1.80. The fourth-order valence-corrected chi connectivity index (χ4v) is 7.93. The third-order valence-electron chi connectivity index (χ3n) is 6.88. The number of rotatable bonds is 4. The summed E-state index contributed by atoms with van der Waals surface area (Å²) in [6.45, 7) is 1.83. The van der Waals surface area contributed by atoms with Crippen molar-refractivity contribution in [2.75, 3.05) is 31.2 Å². The highest BCUT2D eigenvalue weighted by Crippen LogP contribution is 2.53. The third kappa shape index (κ3) is 3.80. The van der Waals surface area contributed by atoms with Crippen LogP contribution in [0.5, 0.6) is 0 Å². The Morgan fingerprint density at radius 2 is 1.58 bits per heavy atom. The smallest absolute Gasteiger partial charge is 0.308 e. The van der Waals surface area contributed by atoms with E-state index in [9.17, 15) is 19.2 Å². The van der Waals surface area contributed by atoms with Crippen molar-refractivity contribution in [2.24, 2.45) is 5.92 Å². The van der Waals surface area contributed by atoms with Gasteiger partial charge in [-0.3, -0.25) is 23.7 Å². The van der Waals surface area contributed by atoms with Crippen molar-refractivity contribution in [3.63, 3.8) is 0 Å². The van der Waals surface area contributed by atoms with E-state index in [1.165, 1.54) is 21.2 Å². The fraction of sp³-hybridized carbons (Fsp3) is 0.308. The second-order valence-corrected chi connectivity index (χ2v) is 11.0. The van der Waals surface area contributed by atoms with Crippen molar-refractivity contribution in [3.05, 3.63) is 80.8 Å². The molecule has 3 aliphatic rings. The molecule has 10 heteroatoms. The molecule has 2 saturated heterocycles. The number of fused-ring (bicyclic) bond motifs is 2. The van der Waals surface area contributed by atoms with Crippen molar-refractivity contribution in [1.82, 2.24) is 9.47 Å². The Bertz CT molecular complexity index is 1380. The summed E-state index contributed by atoms with van der Waals surface area (Å²) >= 11 is 2.31. The summed E-state index contributed by atoms with van der Waals surface area (Å²) in [6, 6.07) is 18.5. The number of imide groups is 1. The van der Waals surface area contributed by atoms with Gasteiger partial charge in [0.05, 0.1) is 29.8 Å². The third-order valence-corrected chi connectivity index (χ3v) is 9.48. The second-order valence-electron chi connectivity index (χ2n) is 8.92. The standard InChI is InChI=1S/C26H23N3O5S2/c30-18(27-11-13-34-14-12-27)15-28-25-22(36-26(28)33)19(16-7-3-1-4-8-16)20-21(35-25)24(32)29(23(20)31)17-9-5-2-6-10-17/h1-10,19-21H,11-15H2. The van der Waals surface area contributed by atoms with Gasteiger partial charge in [-0.2, -0.15) is 0 Å². The number of anilines is 1. The van der Waals surface area contributed by atoms with E-state index in [2.05, 4.69) is 0 Å². The Kier molecular flexibility index (Phi) is 6.02. The highest BCUT2D eigenvalue weighted by molar-refractivity contribution is 8.00. The Labute approximate surface area is 215 Å². The van der Waals surface area contributed by atoms with Gasteiger partial charge in [-0.15, -0.1) is 0 Å². The maximum absolute atomic E-state index is 13.8. The summed E-state index contributed by atoms with van der Waals surface area (Å²) in [6.07, 6.45) is 0. The molecule has 2 fully saturated rings. The minimum atomic E-state index is -0.686. The number of nitrogens with zero attached hydrogens (tertiary/aromatic N) is 3. The first-order chi connectivity index (χ1) is 17.5. The van der Waals surface area contributed by atoms with Crippen LogP contribution in [-0.2, 0) is 25.7 Å². The highest BCUT2D eigenvalue weighted by Gasteiger charge is 2.56. The van der Waals surface area contributed by atoms with Gasteiger partial charge < -0.3 is 9.64 Å². The van der Waals surface area contributed by atoms with Crippen molar-refractivity contribution in [3.8, 4) is 0 Å². The van der Waals surface area contributed by atoms with E-state index in [0.29, 0.717) is 37.0 Å². The van der Waals surface area contributed by atoms with Crippen LogP contribution in [0.1, 0.15) is 16.4 Å². The molecule has 3 aliphatic heterocycles. The molecule has 0 radical (unpaired) electrons. The molecule has 36 heavy (non-hydrogen) atoms. The topological polar surface area (TPSA) is 88.9 Å². The normalized spacial score (nSPS) is 23.5. The number of amides is 3. The molecule has 0 aliphatic carbocycles. The van der Waals surface area contributed by atoms with Crippen LogP contribution in [0.4, 0.5) is 5.69 Å². The molecule has 0 N–H and O–H groups in total. The van der Waals surface area contributed by atoms with Gasteiger partial charge in [0, 0.05) is 23.9 Å². The number of ether oxygens (including phenoxy) is 1. The SMILES string of the molecule is O=C(Cn1c2c(sc1=O)C(c1ccccc1)C1C(=O)N(c3ccccc3)C(=O)C1S2)N1CCOCC1. The van der Waals surface area contributed by atoms with Crippen molar-refractivity contribution < 1.29 is 19.1 Å². The van der Waals surface area contributed by atoms with Crippen LogP contribution in [0.2, 0.25) is 0 Å². The lowest BCUT2D eigenvalue weighted by Gasteiger charge is -2.31. The molecule has 3 amide bonds. The van der Waals surface area contributed by atoms with Crippen LogP contribution in [0.3, 0.4) is 0 Å². The van der Waals surface area contributed by atoms with Crippen LogP contribution in [0.25, 0.3) is 0 Å². The number of thioether (sulfide) groups is 1. The number of aromatic nitrogens is 1. The van der Waals surface area contributed by atoms with Crippen LogP contribution in [0.15, 0.2) is 70.5 Å². The second kappa shape index (κ2) is 9.34. The lowest BCUT2D eigenvalue weighted by atomic mass is 9.83. The average molecular weight is 522 g/mol. The number of hydrogen-bond acceptors (Lipinski definition) is 7. The fourth-order valence-electron chi connectivity index (χ4n) is 5.15. The molecule has 3 unspecified atom stereocenters. The summed E-state index contributed by atoms with van der Waals surface area (Å²) in [5, 5.41) is -0.0769. The molecule has 3 atom stereocenters. The average Bonchev–Trinajstić information content (AvgIpc) is 3.36. The van der Waals surface area contributed by atoms with E-state index < -0.39 is 17.1 Å². The zero-order valence-electron chi connectivity index (χ0n) is 19.2. The van der Waals surface area contributed by atoms with Gasteiger partial charge in [0.25, 0.3) is 0 Å². The van der Waals surface area contributed by atoms with Crippen molar-refractivity contribution in [1.29, 1.82) is 0 Å². The molecule has 4 heterocycles. The summed E-state index contributed by atoms with van der Waals surface area (Å²) in [5.41, 5.74) is 1.41. The number of morpholine rings is 1.